The van der Waals surface area contributed by atoms with Crippen LogP contribution in [-0.4, -0.2) is 40.9 Å². The van der Waals surface area contributed by atoms with Gasteiger partial charge in [0.2, 0.25) is 0 Å². The number of nitro benzene ring substituents is 1. The molecule has 10 heteroatoms. The second-order valence-electron chi connectivity index (χ2n) is 4.18. The van der Waals surface area contributed by atoms with E-state index in [2.05, 4.69) is 10.4 Å². The van der Waals surface area contributed by atoms with E-state index in [-0.39, 0.29) is 17.1 Å². The van der Waals surface area contributed by atoms with Gasteiger partial charge in [0.05, 0.1) is 4.92 Å². The van der Waals surface area contributed by atoms with E-state index in [1.165, 1.54) is 18.2 Å². The molecule has 0 aliphatic carbocycles. The Bertz CT molecular complexity index is 615. The number of non-ortho nitro benzene ring substituents is 1. The summed E-state index contributed by atoms with van der Waals surface area (Å²) in [5.74, 6) is -0.857. The van der Waals surface area contributed by atoms with Crippen molar-refractivity contribution in [3.63, 3.8) is 0 Å². The molecule has 0 atom stereocenters. The monoisotopic (exact) mass is 302 g/mol. The molecule has 0 unspecified atom stereocenters. The fourth-order valence-electron chi connectivity index (χ4n) is 1.69. The molecule has 0 saturated heterocycles. The quantitative estimate of drug-likeness (QED) is 0.672. The fourth-order valence-corrected chi connectivity index (χ4v) is 1.69. The minimum absolute atomic E-state index is 0.0254. The molecule has 1 aliphatic heterocycles. The van der Waals surface area contributed by atoms with Crippen LogP contribution < -0.4 is 5.43 Å². The number of nitro groups is 1. The van der Waals surface area contributed by atoms with E-state index in [0.29, 0.717) is 5.01 Å². The number of benzene rings is 1. The zero-order valence-electron chi connectivity index (χ0n) is 10.4. The Morgan fingerprint density at radius 1 is 1.43 bits per heavy atom. The number of carbonyl (C=O) groups excluding carboxylic acids is 1. The third-order valence-corrected chi connectivity index (χ3v) is 2.58. The number of hydrogen-bond donors (Lipinski definition) is 1. The number of carbonyl (C=O) groups is 1. The Morgan fingerprint density at radius 3 is 2.76 bits per heavy atom. The van der Waals surface area contributed by atoms with Crippen molar-refractivity contribution in [2.24, 2.45) is 4.99 Å². The number of amidine groups is 1. The van der Waals surface area contributed by atoms with Gasteiger partial charge in [-0.05, 0) is 0 Å². The molecule has 2 rings (SSSR count). The number of rotatable bonds is 3. The van der Waals surface area contributed by atoms with Crippen molar-refractivity contribution in [1.29, 1.82) is 0 Å². The minimum Gasteiger partial charge on any atom is -0.279 e. The molecule has 0 saturated carbocycles. The largest absolute Gasteiger partial charge is 0.408 e. The maximum atomic E-state index is 12.3. The Hall–Kier alpha value is -2.65. The summed E-state index contributed by atoms with van der Waals surface area (Å²) in [6.07, 6.45) is -4.56. The van der Waals surface area contributed by atoms with Crippen LogP contribution in [-0.2, 0) is 4.79 Å². The Morgan fingerprint density at radius 2 is 2.14 bits per heavy atom. The van der Waals surface area contributed by atoms with E-state index in [1.54, 1.807) is 0 Å². The fraction of sp³-hybridized carbons (Fsp3) is 0.273. The van der Waals surface area contributed by atoms with Gasteiger partial charge in [-0.3, -0.25) is 25.3 Å². The summed E-state index contributed by atoms with van der Waals surface area (Å²) >= 11 is 0. The lowest BCUT2D eigenvalue weighted by Crippen LogP contribution is -2.54. The Balaban J connectivity index is 2.23. The third kappa shape index (κ3) is 3.68. The predicted octanol–water partition coefficient (Wildman–Crippen LogP) is 1.25. The first-order valence-electron chi connectivity index (χ1n) is 5.69. The van der Waals surface area contributed by atoms with Gasteiger partial charge in [-0.25, -0.2) is 5.01 Å². The average Bonchev–Trinajstić information content (AvgIpc) is 2.40. The van der Waals surface area contributed by atoms with Crippen molar-refractivity contribution in [1.82, 2.24) is 10.4 Å². The van der Waals surface area contributed by atoms with Gasteiger partial charge in [-0.15, -0.1) is 0 Å². The zero-order chi connectivity index (χ0) is 15.6. The van der Waals surface area contributed by atoms with E-state index in [1.807, 2.05) is 0 Å². The molecule has 112 valence electrons. The van der Waals surface area contributed by atoms with Crippen molar-refractivity contribution in [2.75, 3.05) is 13.1 Å². The van der Waals surface area contributed by atoms with E-state index < -0.39 is 30.1 Å². The van der Waals surface area contributed by atoms with E-state index in [4.69, 9.17) is 0 Å². The van der Waals surface area contributed by atoms with Gasteiger partial charge in [0.25, 0.3) is 11.6 Å². The van der Waals surface area contributed by atoms with Gasteiger partial charge in [0.15, 0.2) is 0 Å². The molecule has 1 aromatic carbocycles. The van der Waals surface area contributed by atoms with Gasteiger partial charge < -0.3 is 0 Å². The normalized spacial score (nSPS) is 15.5. The number of nitrogens with one attached hydrogen (secondary N) is 1. The van der Waals surface area contributed by atoms with Gasteiger partial charge in [-0.1, -0.05) is 12.1 Å². The maximum absolute atomic E-state index is 12.3. The highest BCUT2D eigenvalue weighted by Crippen LogP contribution is 2.18. The first-order valence-corrected chi connectivity index (χ1v) is 5.69. The van der Waals surface area contributed by atoms with Gasteiger partial charge in [-0.2, -0.15) is 13.2 Å². The molecule has 1 N–H and O–H groups in total. The summed E-state index contributed by atoms with van der Waals surface area (Å²) in [7, 11) is 0. The zero-order valence-corrected chi connectivity index (χ0v) is 10.4. The van der Waals surface area contributed by atoms with Crippen LogP contribution in [0.4, 0.5) is 18.9 Å². The molecule has 0 bridgehead atoms. The number of alkyl halides is 3. The number of hydrazine groups is 1. The van der Waals surface area contributed by atoms with Crippen LogP contribution in [0.2, 0.25) is 0 Å². The van der Waals surface area contributed by atoms with Crippen LogP contribution in [0, 0.1) is 10.1 Å². The summed E-state index contributed by atoms with van der Waals surface area (Å²) in [6, 6.07) is 5.22. The Labute approximate surface area is 116 Å². The topological polar surface area (TPSA) is 87.8 Å². The first-order chi connectivity index (χ1) is 9.76. The molecule has 0 radical (unpaired) electrons. The van der Waals surface area contributed by atoms with E-state index in [9.17, 15) is 28.1 Å². The highest BCUT2D eigenvalue weighted by Gasteiger charge is 2.35. The van der Waals surface area contributed by atoms with Gasteiger partial charge >= 0.3 is 6.18 Å². The maximum Gasteiger partial charge on any atom is 0.408 e. The number of halogens is 3. The summed E-state index contributed by atoms with van der Waals surface area (Å²) < 4.78 is 37.0. The number of hydrogen-bond acceptors (Lipinski definition) is 5. The van der Waals surface area contributed by atoms with Crippen LogP contribution in [0.5, 0.6) is 0 Å². The van der Waals surface area contributed by atoms with Gasteiger partial charge in [0.1, 0.15) is 18.9 Å². The molecule has 21 heavy (non-hydrogen) atoms. The van der Waals surface area contributed by atoms with Crippen molar-refractivity contribution in [3.05, 3.63) is 39.9 Å². The van der Waals surface area contributed by atoms with Crippen LogP contribution in [0.1, 0.15) is 5.56 Å². The molecule has 1 heterocycles. The molecular formula is C11H9F3N4O3. The number of amides is 1. The standard InChI is InChI=1S/C11H9F3N4O3/c12-11(13,14)6-17-9(19)5-15-10(16-17)7-2-1-3-8(4-7)18(20)21/h1-4H,5-6H2,(H,15,16). The van der Waals surface area contributed by atoms with Crippen molar-refractivity contribution < 1.29 is 22.9 Å². The molecular weight excluding hydrogens is 293 g/mol. The number of aliphatic imine (C=N–C) groups is 1. The summed E-state index contributed by atoms with van der Waals surface area (Å²) in [5.41, 5.74) is 2.23. The lowest BCUT2D eigenvalue weighted by Gasteiger charge is -2.28. The molecule has 0 fully saturated rings. The Kier molecular flexibility index (Phi) is 3.78. The third-order valence-electron chi connectivity index (χ3n) is 2.58. The lowest BCUT2D eigenvalue weighted by molar-refractivity contribution is -0.384. The SMILES string of the molecule is O=C1CN=C(c2cccc([N+](=O)[O-])c2)NN1CC(F)(F)F. The molecule has 1 aliphatic rings. The predicted molar refractivity (Wildman–Crippen MR) is 65.4 cm³/mol. The van der Waals surface area contributed by atoms with Crippen LogP contribution in [0.25, 0.3) is 0 Å². The molecule has 1 amide bonds. The molecule has 0 spiro atoms. The summed E-state index contributed by atoms with van der Waals surface area (Å²) in [4.78, 5) is 25.2. The minimum atomic E-state index is -4.56. The van der Waals surface area contributed by atoms with Crippen LogP contribution in [0.15, 0.2) is 29.3 Å². The molecule has 0 aromatic heterocycles. The second kappa shape index (κ2) is 5.38. The van der Waals surface area contributed by atoms with E-state index >= 15 is 0 Å². The second-order valence-corrected chi connectivity index (χ2v) is 4.18. The highest BCUT2D eigenvalue weighted by molar-refractivity contribution is 6.02. The average molecular weight is 302 g/mol. The first kappa shape index (κ1) is 14.8. The molecule has 1 aromatic rings. The van der Waals surface area contributed by atoms with Crippen molar-refractivity contribution in [3.8, 4) is 0 Å². The van der Waals surface area contributed by atoms with E-state index in [0.717, 1.165) is 6.07 Å². The van der Waals surface area contributed by atoms with Gasteiger partial charge in [0, 0.05) is 17.7 Å². The van der Waals surface area contributed by atoms with Crippen molar-refractivity contribution >= 4 is 17.4 Å². The van der Waals surface area contributed by atoms with Crippen molar-refractivity contribution in [2.45, 2.75) is 6.18 Å². The summed E-state index contributed by atoms with van der Waals surface area (Å²) in [6.45, 7) is -1.93. The lowest BCUT2D eigenvalue weighted by atomic mass is 10.2. The smallest absolute Gasteiger partial charge is 0.279 e. The number of nitrogens with zero attached hydrogens (tertiary/aromatic N) is 3. The summed E-state index contributed by atoms with van der Waals surface area (Å²) in [5, 5.41) is 11.1. The highest BCUT2D eigenvalue weighted by atomic mass is 19.4. The van der Waals surface area contributed by atoms with Crippen LogP contribution >= 0.6 is 0 Å². The van der Waals surface area contributed by atoms with Crippen LogP contribution in [0.3, 0.4) is 0 Å². The molecule has 7 nitrogen and oxygen atoms in total.